The number of rotatable bonds is 12. The zero-order chi connectivity index (χ0) is 32.3. The van der Waals surface area contributed by atoms with Crippen molar-refractivity contribution in [3.05, 3.63) is 82.9 Å². The fourth-order valence-electron chi connectivity index (χ4n) is 4.62. The number of amides is 1. The van der Waals surface area contributed by atoms with Gasteiger partial charge in [0.05, 0.1) is 11.5 Å². The molecule has 1 heterocycles. The molecule has 238 valence electrons. The maximum Gasteiger partial charge on any atom is 0.279 e. The average Bonchev–Trinajstić information content (AvgIpc) is 3.43. The van der Waals surface area contributed by atoms with Crippen LogP contribution in [0.4, 0.5) is 0 Å². The van der Waals surface area contributed by atoms with Crippen LogP contribution in [0.5, 0.6) is 17.2 Å². The van der Waals surface area contributed by atoms with Crippen molar-refractivity contribution in [3.8, 4) is 17.2 Å². The minimum absolute atomic E-state index is 0.00358. The van der Waals surface area contributed by atoms with E-state index in [-0.39, 0.29) is 22.6 Å². The number of hydrogen-bond acceptors (Lipinski definition) is 7. The maximum atomic E-state index is 13.8. The molecule has 3 aromatic carbocycles. The van der Waals surface area contributed by atoms with Crippen LogP contribution in [0.15, 0.2) is 65.6 Å². The molecule has 4 rings (SSSR count). The second-order valence-electron chi connectivity index (χ2n) is 13.0. The van der Waals surface area contributed by atoms with E-state index >= 15 is 0 Å². The van der Waals surface area contributed by atoms with Gasteiger partial charge in [-0.05, 0) is 77.5 Å². The number of fused-ring (bicyclic) bond motifs is 1. The predicted molar refractivity (Wildman–Crippen MR) is 174 cm³/mol. The maximum absolute atomic E-state index is 13.8. The van der Waals surface area contributed by atoms with Crippen LogP contribution in [0.1, 0.15) is 82.2 Å². The molecular weight excluding hydrogens is 595 g/mol. The summed E-state index contributed by atoms with van der Waals surface area (Å²) in [5.41, 5.74) is 3.34. The van der Waals surface area contributed by atoms with E-state index in [1.807, 2.05) is 32.0 Å². The normalized spacial score (nSPS) is 14.0. The van der Waals surface area contributed by atoms with E-state index in [0.29, 0.717) is 35.8 Å². The molecule has 0 aliphatic carbocycles. The summed E-state index contributed by atoms with van der Waals surface area (Å²) >= 11 is 0. The van der Waals surface area contributed by atoms with Gasteiger partial charge in [-0.15, -0.1) is 0 Å². The summed E-state index contributed by atoms with van der Waals surface area (Å²) < 4.78 is 52.9. The molecule has 10 heteroatoms. The number of nitrogens with one attached hydrogen (secondary N) is 1. The van der Waals surface area contributed by atoms with Gasteiger partial charge >= 0.3 is 0 Å². The summed E-state index contributed by atoms with van der Waals surface area (Å²) in [4.78, 5) is 13.8. The van der Waals surface area contributed by atoms with Crippen molar-refractivity contribution in [3.63, 3.8) is 0 Å². The first-order chi connectivity index (χ1) is 20.6. The van der Waals surface area contributed by atoms with Gasteiger partial charge < -0.3 is 18.6 Å². The molecule has 0 bridgehead atoms. The molecule has 0 aromatic heterocycles. The second kappa shape index (κ2) is 13.3. The van der Waals surface area contributed by atoms with Crippen LogP contribution in [0.25, 0.3) is 0 Å². The second-order valence-corrected chi connectivity index (χ2v) is 19.5. The Morgan fingerprint density at radius 1 is 0.977 bits per heavy atom. The van der Waals surface area contributed by atoms with Crippen LogP contribution in [0.3, 0.4) is 0 Å². The van der Waals surface area contributed by atoms with E-state index < -0.39 is 30.4 Å². The van der Waals surface area contributed by atoms with Gasteiger partial charge in [0.2, 0.25) is 12.9 Å². The molecule has 44 heavy (non-hydrogen) atoms. The smallest absolute Gasteiger partial charge is 0.279 e. The summed E-state index contributed by atoms with van der Waals surface area (Å²) in [5.74, 6) is 0.927. The van der Waals surface area contributed by atoms with Crippen molar-refractivity contribution in [2.24, 2.45) is 0 Å². The van der Waals surface area contributed by atoms with Crippen molar-refractivity contribution in [2.75, 3.05) is 6.79 Å². The molecule has 3 aromatic rings. The summed E-state index contributed by atoms with van der Waals surface area (Å²) in [6, 6.07) is 17.3. The van der Waals surface area contributed by atoms with E-state index in [0.717, 1.165) is 23.1 Å². The van der Waals surface area contributed by atoms with Crippen LogP contribution in [-0.2, 0) is 32.3 Å². The molecule has 1 aliphatic heterocycles. The van der Waals surface area contributed by atoms with Crippen molar-refractivity contribution in [2.45, 2.75) is 96.0 Å². The van der Waals surface area contributed by atoms with Crippen LogP contribution in [0, 0.1) is 0 Å². The lowest BCUT2D eigenvalue weighted by Gasteiger charge is -2.36. The largest absolute Gasteiger partial charge is 0.475 e. The highest BCUT2D eigenvalue weighted by atomic mass is 32.2. The van der Waals surface area contributed by atoms with Crippen LogP contribution in [-0.4, -0.2) is 29.4 Å². The third kappa shape index (κ3) is 7.65. The first-order valence-electron chi connectivity index (χ1n) is 15.1. The monoisotopic (exact) mass is 639 g/mol. The number of ether oxygens (including phenoxy) is 3. The van der Waals surface area contributed by atoms with E-state index in [1.165, 1.54) is 12.1 Å². The number of benzene rings is 3. The van der Waals surface area contributed by atoms with Gasteiger partial charge in [0.1, 0.15) is 5.75 Å². The van der Waals surface area contributed by atoms with Crippen LogP contribution >= 0.6 is 0 Å². The van der Waals surface area contributed by atoms with Crippen molar-refractivity contribution in [1.82, 2.24) is 4.72 Å². The molecule has 1 amide bonds. The predicted octanol–water partition coefficient (Wildman–Crippen LogP) is 7.64. The highest BCUT2D eigenvalue weighted by Crippen LogP contribution is 2.39. The quantitative estimate of drug-likeness (QED) is 0.203. The Morgan fingerprint density at radius 3 is 2.27 bits per heavy atom. The topological polar surface area (TPSA) is 100 Å². The summed E-state index contributed by atoms with van der Waals surface area (Å²) in [7, 11) is -6.21. The summed E-state index contributed by atoms with van der Waals surface area (Å²) in [6.45, 7) is 17.6. The minimum Gasteiger partial charge on any atom is -0.475 e. The standard InChI is InChI=1S/C34H45NO7SSi/c1-9-11-28-26(21-41-44(7,8)34(4,5)6)12-10-13-29(28)42-32(25-16-19-30-31(20-25)40-22-39-30)33(36)35-43(37,38)27-17-14-24(15-18-27)23(2)3/h10,12-20,23,32H,9,11,21-22H2,1-8H3,(H,35,36). The Kier molecular flexibility index (Phi) is 10.2. The lowest BCUT2D eigenvalue weighted by molar-refractivity contribution is -0.126. The van der Waals surface area contributed by atoms with Gasteiger partial charge in [-0.2, -0.15) is 0 Å². The third-order valence-corrected chi connectivity index (χ3v) is 14.2. The first kappa shape index (κ1) is 33.5. The Labute approximate surface area is 263 Å². The Hall–Kier alpha value is -3.34. The zero-order valence-electron chi connectivity index (χ0n) is 27.0. The molecule has 1 N–H and O–H groups in total. The molecular formula is C34H45NO7SSi. The lowest BCUT2D eigenvalue weighted by atomic mass is 10.0. The number of sulfonamides is 1. The molecule has 8 nitrogen and oxygen atoms in total. The van der Waals surface area contributed by atoms with Crippen molar-refractivity contribution < 1.29 is 31.8 Å². The van der Waals surface area contributed by atoms with Crippen molar-refractivity contribution >= 4 is 24.2 Å². The third-order valence-electron chi connectivity index (χ3n) is 8.40. The minimum atomic E-state index is -4.18. The molecule has 1 unspecified atom stereocenters. The van der Waals surface area contributed by atoms with E-state index in [9.17, 15) is 13.2 Å². The van der Waals surface area contributed by atoms with E-state index in [2.05, 4.69) is 45.5 Å². The lowest BCUT2D eigenvalue weighted by Crippen LogP contribution is -2.40. The van der Waals surface area contributed by atoms with Crippen LogP contribution in [0.2, 0.25) is 18.1 Å². The first-order valence-corrected chi connectivity index (χ1v) is 19.5. The zero-order valence-corrected chi connectivity index (χ0v) is 28.8. The van der Waals surface area contributed by atoms with Gasteiger partial charge in [0.15, 0.2) is 19.8 Å². The number of carbonyl (C=O) groups excluding carboxylic acids is 1. The Balaban J connectivity index is 1.69. The highest BCUT2D eigenvalue weighted by molar-refractivity contribution is 7.90. The molecule has 0 radical (unpaired) electrons. The summed E-state index contributed by atoms with van der Waals surface area (Å²) in [6.07, 6.45) is 0.249. The Morgan fingerprint density at radius 2 is 1.64 bits per heavy atom. The molecule has 0 spiro atoms. The molecule has 1 atom stereocenters. The van der Waals surface area contributed by atoms with E-state index in [4.69, 9.17) is 18.6 Å². The number of carbonyl (C=O) groups is 1. The molecule has 0 saturated heterocycles. The fraction of sp³-hybridized carbons (Fsp3) is 0.441. The van der Waals surface area contributed by atoms with Gasteiger partial charge in [0.25, 0.3) is 15.9 Å². The van der Waals surface area contributed by atoms with Crippen molar-refractivity contribution in [1.29, 1.82) is 0 Å². The van der Waals surface area contributed by atoms with Gasteiger partial charge in [0, 0.05) is 5.56 Å². The molecule has 0 fully saturated rings. The number of hydrogen-bond donors (Lipinski definition) is 1. The average molecular weight is 640 g/mol. The van der Waals surface area contributed by atoms with Gasteiger partial charge in [-0.1, -0.05) is 78.3 Å². The van der Waals surface area contributed by atoms with Gasteiger partial charge in [-0.25, -0.2) is 13.1 Å². The van der Waals surface area contributed by atoms with Gasteiger partial charge in [-0.3, -0.25) is 4.79 Å². The Bertz CT molecular complexity index is 1580. The molecule has 0 saturated carbocycles. The van der Waals surface area contributed by atoms with Crippen LogP contribution < -0.4 is 18.9 Å². The summed E-state index contributed by atoms with van der Waals surface area (Å²) in [5, 5.41) is 0.0508. The fourth-order valence-corrected chi connectivity index (χ4v) is 6.55. The molecule has 1 aliphatic rings. The SMILES string of the molecule is CCCc1c(CO[Si](C)(C)C(C)(C)C)cccc1OC(C(=O)NS(=O)(=O)c1ccc(C(C)C)cc1)c1ccc2c(c1)OCO2. The highest BCUT2D eigenvalue weighted by Gasteiger charge is 2.37. The van der Waals surface area contributed by atoms with E-state index in [1.54, 1.807) is 30.3 Å².